The Hall–Kier alpha value is -0.200. The van der Waals surface area contributed by atoms with Crippen LogP contribution in [0, 0.1) is 0 Å². The normalized spacial score (nSPS) is 48.8. The summed E-state index contributed by atoms with van der Waals surface area (Å²) in [5.41, 5.74) is 0. The smallest absolute Gasteiger partial charge is 0.190 e. The van der Waals surface area contributed by atoms with E-state index in [0.29, 0.717) is 0 Å². The molecule has 0 spiro atoms. The number of hydrogen-bond donors (Lipinski definition) is 0. The highest BCUT2D eigenvalue weighted by Crippen LogP contribution is 2.44. The van der Waals surface area contributed by atoms with Crippen LogP contribution in [-0.4, -0.2) is 42.3 Å². The van der Waals surface area contributed by atoms with E-state index in [9.17, 15) is 0 Å². The molecule has 0 aromatic heterocycles. The molecule has 2 unspecified atom stereocenters. The van der Waals surface area contributed by atoms with Crippen molar-refractivity contribution in [2.24, 2.45) is 0 Å². The molecular formula is C13H22O5. The molecule has 5 atom stereocenters. The van der Waals surface area contributed by atoms with Crippen molar-refractivity contribution in [1.29, 1.82) is 0 Å². The summed E-state index contributed by atoms with van der Waals surface area (Å²) in [6.45, 7) is 9.72. The Labute approximate surface area is 108 Å². The highest BCUT2D eigenvalue weighted by atomic mass is 16.9. The molecule has 0 aromatic rings. The Morgan fingerprint density at radius 1 is 0.778 bits per heavy atom. The zero-order valence-electron chi connectivity index (χ0n) is 11.6. The summed E-state index contributed by atoms with van der Waals surface area (Å²) in [6.07, 6.45) is 0.0937. The van der Waals surface area contributed by atoms with Crippen molar-refractivity contribution in [2.45, 2.75) is 83.3 Å². The Morgan fingerprint density at radius 2 is 1.33 bits per heavy atom. The lowest BCUT2D eigenvalue weighted by molar-refractivity contribution is -0.234. The Kier molecular flexibility index (Phi) is 2.78. The van der Waals surface area contributed by atoms with Crippen LogP contribution in [0.1, 0.15) is 41.0 Å². The molecule has 104 valence electrons. The van der Waals surface area contributed by atoms with E-state index in [4.69, 9.17) is 23.7 Å². The van der Waals surface area contributed by atoms with Crippen molar-refractivity contribution < 1.29 is 23.7 Å². The van der Waals surface area contributed by atoms with Gasteiger partial charge in [0, 0.05) is 0 Å². The van der Waals surface area contributed by atoms with Gasteiger partial charge in [0.2, 0.25) is 0 Å². The average molecular weight is 258 g/mol. The van der Waals surface area contributed by atoms with Crippen molar-refractivity contribution in [2.75, 3.05) is 0 Å². The van der Waals surface area contributed by atoms with Crippen LogP contribution >= 0.6 is 0 Å². The summed E-state index contributed by atoms with van der Waals surface area (Å²) >= 11 is 0. The summed E-state index contributed by atoms with van der Waals surface area (Å²) in [6, 6.07) is 0. The number of ether oxygens (including phenoxy) is 5. The Balaban J connectivity index is 1.86. The fourth-order valence-electron chi connectivity index (χ4n) is 3.02. The van der Waals surface area contributed by atoms with Crippen molar-refractivity contribution in [3.8, 4) is 0 Å². The first kappa shape index (κ1) is 12.8. The second kappa shape index (κ2) is 3.90. The van der Waals surface area contributed by atoms with Gasteiger partial charge in [-0.3, -0.25) is 0 Å². The first-order chi connectivity index (χ1) is 8.31. The van der Waals surface area contributed by atoms with E-state index < -0.39 is 11.6 Å². The molecule has 0 radical (unpaired) electrons. The third-order valence-corrected chi connectivity index (χ3v) is 3.65. The van der Waals surface area contributed by atoms with Gasteiger partial charge in [-0.2, -0.15) is 0 Å². The van der Waals surface area contributed by atoms with E-state index in [0.717, 1.165) is 6.42 Å². The quantitative estimate of drug-likeness (QED) is 0.717. The van der Waals surface area contributed by atoms with Crippen LogP contribution in [0.2, 0.25) is 0 Å². The molecule has 0 aliphatic carbocycles. The molecule has 18 heavy (non-hydrogen) atoms. The van der Waals surface area contributed by atoms with Gasteiger partial charge in [0.15, 0.2) is 17.9 Å². The topological polar surface area (TPSA) is 46.2 Å². The Morgan fingerprint density at radius 3 is 2.00 bits per heavy atom. The highest BCUT2D eigenvalue weighted by Gasteiger charge is 2.60. The zero-order chi connectivity index (χ0) is 13.1. The molecule has 0 aromatic carbocycles. The Bertz CT molecular complexity index is 340. The largest absolute Gasteiger partial charge is 0.344 e. The molecule has 3 saturated heterocycles. The summed E-state index contributed by atoms with van der Waals surface area (Å²) in [5.74, 6) is -1.21. The van der Waals surface area contributed by atoms with Crippen LogP contribution in [0.25, 0.3) is 0 Å². The van der Waals surface area contributed by atoms with Gasteiger partial charge >= 0.3 is 0 Å². The minimum atomic E-state index is -0.626. The highest BCUT2D eigenvalue weighted by molar-refractivity contribution is 4.99. The van der Waals surface area contributed by atoms with E-state index >= 15 is 0 Å². The number of hydrogen-bond acceptors (Lipinski definition) is 5. The fourth-order valence-corrected chi connectivity index (χ4v) is 3.02. The second-order valence-corrected chi connectivity index (χ2v) is 6.12. The molecule has 3 fully saturated rings. The molecule has 3 rings (SSSR count). The molecule has 0 amide bonds. The number of rotatable bonds is 1. The minimum absolute atomic E-state index is 0.00414. The second-order valence-electron chi connectivity index (χ2n) is 6.12. The monoisotopic (exact) mass is 258 g/mol. The van der Waals surface area contributed by atoms with Gasteiger partial charge < -0.3 is 23.7 Å². The average Bonchev–Trinajstić information content (AvgIpc) is 2.71. The van der Waals surface area contributed by atoms with Gasteiger partial charge in [-0.25, -0.2) is 0 Å². The summed E-state index contributed by atoms with van der Waals surface area (Å²) in [7, 11) is 0. The third kappa shape index (κ3) is 1.98. The predicted molar refractivity (Wildman–Crippen MR) is 62.8 cm³/mol. The SMILES string of the molecule is CC[C@@H]1OC2OC(C)(C)OC2[C@@H]2OC(C)(C)O[C@H]12. The molecular weight excluding hydrogens is 236 g/mol. The lowest BCUT2D eigenvalue weighted by Crippen LogP contribution is -2.54. The van der Waals surface area contributed by atoms with Crippen molar-refractivity contribution in [3.63, 3.8) is 0 Å². The summed E-state index contributed by atoms with van der Waals surface area (Å²) in [5, 5.41) is 0. The maximum absolute atomic E-state index is 5.98. The van der Waals surface area contributed by atoms with Crippen molar-refractivity contribution in [3.05, 3.63) is 0 Å². The van der Waals surface area contributed by atoms with Gasteiger partial charge in [-0.05, 0) is 34.1 Å². The maximum Gasteiger partial charge on any atom is 0.190 e. The van der Waals surface area contributed by atoms with Crippen molar-refractivity contribution >= 4 is 0 Å². The van der Waals surface area contributed by atoms with Crippen LogP contribution in [0.15, 0.2) is 0 Å². The van der Waals surface area contributed by atoms with E-state index in [2.05, 4.69) is 6.92 Å². The number of fused-ring (bicyclic) bond motifs is 3. The van der Waals surface area contributed by atoms with Crippen LogP contribution in [0.3, 0.4) is 0 Å². The summed E-state index contributed by atoms with van der Waals surface area (Å²) < 4.78 is 29.6. The molecule has 3 aliphatic rings. The minimum Gasteiger partial charge on any atom is -0.344 e. The van der Waals surface area contributed by atoms with Gasteiger partial charge in [0.1, 0.15) is 18.3 Å². The molecule has 0 N–H and O–H groups in total. The molecule has 5 nitrogen and oxygen atoms in total. The molecule has 0 saturated carbocycles. The fraction of sp³-hybridized carbons (Fsp3) is 1.00. The van der Waals surface area contributed by atoms with E-state index in [-0.39, 0.29) is 30.7 Å². The molecule has 3 heterocycles. The van der Waals surface area contributed by atoms with E-state index in [1.807, 2.05) is 27.7 Å². The zero-order valence-corrected chi connectivity index (χ0v) is 11.6. The van der Waals surface area contributed by atoms with Crippen LogP contribution < -0.4 is 0 Å². The van der Waals surface area contributed by atoms with Gasteiger partial charge in [-0.1, -0.05) is 6.92 Å². The first-order valence-electron chi connectivity index (χ1n) is 6.68. The maximum atomic E-state index is 5.98. The van der Waals surface area contributed by atoms with Gasteiger partial charge in [-0.15, -0.1) is 0 Å². The predicted octanol–water partition coefficient (Wildman–Crippen LogP) is 1.79. The first-order valence-corrected chi connectivity index (χ1v) is 6.68. The lowest BCUT2D eigenvalue weighted by Gasteiger charge is -2.36. The third-order valence-electron chi connectivity index (χ3n) is 3.65. The van der Waals surface area contributed by atoms with E-state index in [1.165, 1.54) is 0 Å². The van der Waals surface area contributed by atoms with Crippen LogP contribution in [0.5, 0.6) is 0 Å². The van der Waals surface area contributed by atoms with Crippen LogP contribution in [-0.2, 0) is 23.7 Å². The molecule has 5 heteroatoms. The van der Waals surface area contributed by atoms with Crippen molar-refractivity contribution in [1.82, 2.24) is 0 Å². The molecule has 0 bridgehead atoms. The van der Waals surface area contributed by atoms with Gasteiger partial charge in [0.25, 0.3) is 0 Å². The standard InChI is InChI=1S/C13H22O5/c1-6-7-8-9(16-12(2,3)15-8)10-11(14-7)18-13(4,5)17-10/h7-11H,6H2,1-5H3/t7-,8+,9+,10?,11?/m0/s1. The summed E-state index contributed by atoms with van der Waals surface area (Å²) in [4.78, 5) is 0. The van der Waals surface area contributed by atoms with E-state index in [1.54, 1.807) is 0 Å². The van der Waals surface area contributed by atoms with Gasteiger partial charge in [0.05, 0.1) is 6.10 Å². The molecule has 3 aliphatic heterocycles. The lowest BCUT2D eigenvalue weighted by atomic mass is 9.97. The van der Waals surface area contributed by atoms with Crippen LogP contribution in [0.4, 0.5) is 0 Å².